The van der Waals surface area contributed by atoms with Crippen LogP contribution in [-0.4, -0.2) is 54.2 Å². The second-order valence-electron chi connectivity index (χ2n) is 8.90. The van der Waals surface area contributed by atoms with E-state index >= 15 is 0 Å². The van der Waals surface area contributed by atoms with Crippen LogP contribution in [0.1, 0.15) is 18.2 Å². The van der Waals surface area contributed by atoms with Crippen LogP contribution in [0.25, 0.3) is 22.0 Å². The average Bonchev–Trinajstić information content (AvgIpc) is 2.90. The summed E-state index contributed by atoms with van der Waals surface area (Å²) < 4.78 is 5.98. The van der Waals surface area contributed by atoms with Crippen LogP contribution in [0, 0.1) is 6.92 Å². The molecule has 0 bridgehead atoms. The van der Waals surface area contributed by atoms with E-state index in [4.69, 9.17) is 9.72 Å². The first kappa shape index (κ1) is 22.4. The van der Waals surface area contributed by atoms with E-state index in [1.165, 1.54) is 16.3 Å². The van der Waals surface area contributed by atoms with Crippen molar-refractivity contribution in [3.8, 4) is 17.0 Å². The van der Waals surface area contributed by atoms with E-state index in [0.717, 1.165) is 67.7 Å². The number of benzene rings is 2. The van der Waals surface area contributed by atoms with Crippen LogP contribution < -0.4 is 9.64 Å². The number of ether oxygens (including phenoxy) is 1. The number of piperazine rings is 1. The van der Waals surface area contributed by atoms with Gasteiger partial charge in [0.15, 0.2) is 0 Å². The lowest BCUT2D eigenvalue weighted by molar-refractivity contribution is 0.271. The lowest BCUT2D eigenvalue weighted by atomic mass is 10.1. The van der Waals surface area contributed by atoms with Gasteiger partial charge in [-0.25, -0.2) is 4.98 Å². The van der Waals surface area contributed by atoms with Crippen LogP contribution in [0.15, 0.2) is 72.9 Å². The van der Waals surface area contributed by atoms with Crippen molar-refractivity contribution < 1.29 is 4.74 Å². The number of fused-ring (bicyclic) bond motifs is 1. The topological polar surface area (TPSA) is 41.5 Å². The van der Waals surface area contributed by atoms with Gasteiger partial charge in [-0.05, 0) is 60.8 Å². The van der Waals surface area contributed by atoms with Gasteiger partial charge < -0.3 is 14.5 Å². The van der Waals surface area contributed by atoms with Crippen molar-refractivity contribution in [2.24, 2.45) is 0 Å². The minimum Gasteiger partial charge on any atom is -0.493 e. The van der Waals surface area contributed by atoms with E-state index < -0.39 is 0 Å². The maximum atomic E-state index is 5.98. The smallest absolute Gasteiger partial charge is 0.137 e. The highest BCUT2D eigenvalue weighted by atomic mass is 16.5. The molecule has 4 aromatic rings. The molecule has 0 aliphatic carbocycles. The molecule has 0 radical (unpaired) electrons. The summed E-state index contributed by atoms with van der Waals surface area (Å²) in [4.78, 5) is 14.4. The predicted molar refractivity (Wildman–Crippen MR) is 140 cm³/mol. The second kappa shape index (κ2) is 10.2. The number of hydrogen-bond acceptors (Lipinski definition) is 5. The number of nitrogens with zero attached hydrogens (tertiary/aromatic N) is 4. The van der Waals surface area contributed by atoms with E-state index in [9.17, 15) is 0 Å². The zero-order valence-corrected chi connectivity index (χ0v) is 20.1. The highest BCUT2D eigenvalue weighted by Gasteiger charge is 2.19. The fourth-order valence-corrected chi connectivity index (χ4v) is 4.50. The molecule has 3 heterocycles. The second-order valence-corrected chi connectivity index (χ2v) is 8.90. The molecule has 2 aromatic carbocycles. The molecule has 2 aromatic heterocycles. The fourth-order valence-electron chi connectivity index (χ4n) is 4.50. The summed E-state index contributed by atoms with van der Waals surface area (Å²) in [5, 5.41) is 2.45. The van der Waals surface area contributed by atoms with E-state index in [1.807, 2.05) is 31.3 Å². The quantitative estimate of drug-likeness (QED) is 0.377. The van der Waals surface area contributed by atoms with Crippen molar-refractivity contribution in [3.63, 3.8) is 0 Å². The van der Waals surface area contributed by atoms with Crippen LogP contribution in [0.3, 0.4) is 0 Å². The number of pyridine rings is 2. The van der Waals surface area contributed by atoms with Gasteiger partial charge in [-0.2, -0.15) is 0 Å². The van der Waals surface area contributed by atoms with Gasteiger partial charge in [0.1, 0.15) is 11.6 Å². The maximum Gasteiger partial charge on any atom is 0.137 e. The predicted octanol–water partition coefficient (Wildman–Crippen LogP) is 5.37. The molecular weight excluding hydrogens is 420 g/mol. The largest absolute Gasteiger partial charge is 0.493 e. The van der Waals surface area contributed by atoms with Crippen LogP contribution in [0.5, 0.6) is 5.75 Å². The first-order valence-electron chi connectivity index (χ1n) is 12.2. The standard InChI is InChI=1S/C29H32N4O/c1-3-32-15-17-33(18-16-32)29-27-7-5-4-6-25(27)20-28(31-29)24-10-12-26(13-11-24)34-19-14-23-9-8-22(2)30-21-23/h4-13,20-21H,3,14-19H2,1-2H3. The number of aromatic nitrogens is 2. The summed E-state index contributed by atoms with van der Waals surface area (Å²) in [6.45, 7) is 10.2. The highest BCUT2D eigenvalue weighted by Crippen LogP contribution is 2.31. The maximum absolute atomic E-state index is 5.98. The Morgan fingerprint density at radius 1 is 0.912 bits per heavy atom. The summed E-state index contributed by atoms with van der Waals surface area (Å²) >= 11 is 0. The average molecular weight is 453 g/mol. The molecule has 0 amide bonds. The summed E-state index contributed by atoms with van der Waals surface area (Å²) in [6, 6.07) is 23.2. The molecule has 0 spiro atoms. The Hall–Kier alpha value is -3.44. The third kappa shape index (κ3) is 5.05. The third-order valence-electron chi connectivity index (χ3n) is 6.62. The minimum atomic E-state index is 0.631. The van der Waals surface area contributed by atoms with Crippen LogP contribution in [-0.2, 0) is 6.42 Å². The number of likely N-dealkylation sites (N-methyl/N-ethyl adjacent to an activating group) is 1. The van der Waals surface area contributed by atoms with Crippen molar-refractivity contribution in [3.05, 3.63) is 84.2 Å². The van der Waals surface area contributed by atoms with Crippen molar-refractivity contribution in [2.75, 3.05) is 44.2 Å². The van der Waals surface area contributed by atoms with Crippen LogP contribution in [0.4, 0.5) is 5.82 Å². The van der Waals surface area contributed by atoms with Gasteiger partial charge in [-0.1, -0.05) is 37.3 Å². The molecule has 0 atom stereocenters. The van der Waals surface area contributed by atoms with Gasteiger partial charge in [0, 0.05) is 55.4 Å². The molecule has 1 aliphatic rings. The molecule has 5 rings (SSSR count). The van der Waals surface area contributed by atoms with Gasteiger partial charge in [0.05, 0.1) is 12.3 Å². The normalized spacial score (nSPS) is 14.5. The fraction of sp³-hybridized carbons (Fsp3) is 0.310. The molecular formula is C29H32N4O. The lowest BCUT2D eigenvalue weighted by Gasteiger charge is -2.35. The van der Waals surface area contributed by atoms with Gasteiger partial charge in [0.25, 0.3) is 0 Å². The third-order valence-corrected chi connectivity index (χ3v) is 6.62. The number of anilines is 1. The molecule has 0 unspecified atom stereocenters. The molecule has 174 valence electrons. The van der Waals surface area contributed by atoms with E-state index in [2.05, 4.69) is 70.2 Å². The molecule has 0 saturated carbocycles. The minimum absolute atomic E-state index is 0.631. The lowest BCUT2D eigenvalue weighted by Crippen LogP contribution is -2.46. The molecule has 34 heavy (non-hydrogen) atoms. The summed E-state index contributed by atoms with van der Waals surface area (Å²) in [5.74, 6) is 1.97. The van der Waals surface area contributed by atoms with Gasteiger partial charge in [-0.3, -0.25) is 4.98 Å². The Labute approximate surface area is 202 Å². The molecule has 1 aliphatic heterocycles. The zero-order valence-electron chi connectivity index (χ0n) is 20.1. The zero-order chi connectivity index (χ0) is 23.3. The van der Waals surface area contributed by atoms with Gasteiger partial charge in [-0.15, -0.1) is 0 Å². The van der Waals surface area contributed by atoms with Crippen LogP contribution >= 0.6 is 0 Å². The Morgan fingerprint density at radius 3 is 2.44 bits per heavy atom. The summed E-state index contributed by atoms with van der Waals surface area (Å²) in [5.41, 5.74) is 4.34. The van der Waals surface area contributed by atoms with Gasteiger partial charge >= 0.3 is 0 Å². The van der Waals surface area contributed by atoms with Crippen molar-refractivity contribution in [1.29, 1.82) is 0 Å². The summed E-state index contributed by atoms with van der Waals surface area (Å²) in [7, 11) is 0. The first-order chi connectivity index (χ1) is 16.7. The van der Waals surface area contributed by atoms with Crippen molar-refractivity contribution in [1.82, 2.24) is 14.9 Å². The Bertz CT molecular complexity index is 1230. The van der Waals surface area contributed by atoms with Crippen LogP contribution in [0.2, 0.25) is 0 Å². The number of aryl methyl sites for hydroxylation is 1. The molecule has 1 saturated heterocycles. The molecule has 5 nitrogen and oxygen atoms in total. The summed E-state index contributed by atoms with van der Waals surface area (Å²) in [6.07, 6.45) is 2.77. The Balaban J connectivity index is 1.33. The van der Waals surface area contributed by atoms with Crippen molar-refractivity contribution >= 4 is 16.6 Å². The van der Waals surface area contributed by atoms with Crippen molar-refractivity contribution in [2.45, 2.75) is 20.3 Å². The number of rotatable bonds is 7. The van der Waals surface area contributed by atoms with E-state index in [0.29, 0.717) is 6.61 Å². The highest BCUT2D eigenvalue weighted by molar-refractivity contribution is 5.95. The van der Waals surface area contributed by atoms with E-state index in [-0.39, 0.29) is 0 Å². The molecule has 0 N–H and O–H groups in total. The Kier molecular flexibility index (Phi) is 6.72. The Morgan fingerprint density at radius 2 is 1.71 bits per heavy atom. The van der Waals surface area contributed by atoms with Gasteiger partial charge in [0.2, 0.25) is 0 Å². The molecule has 5 heteroatoms. The SMILES string of the molecule is CCN1CCN(c2nc(-c3ccc(OCCc4ccc(C)nc4)cc3)cc3ccccc23)CC1. The monoisotopic (exact) mass is 452 g/mol. The molecule has 1 fully saturated rings. The van der Waals surface area contributed by atoms with E-state index in [1.54, 1.807) is 0 Å². The number of hydrogen-bond donors (Lipinski definition) is 0. The first-order valence-corrected chi connectivity index (χ1v) is 12.2.